The van der Waals surface area contributed by atoms with E-state index in [0.29, 0.717) is 12.3 Å². The number of aliphatic carboxylic acids is 1. The number of carboxylic acids is 1. The minimum Gasteiger partial charge on any atom is -0.477 e. The van der Waals surface area contributed by atoms with E-state index in [-0.39, 0.29) is 17.0 Å². The molecule has 8 heteroatoms. The summed E-state index contributed by atoms with van der Waals surface area (Å²) in [5.74, 6) is -0.809. The van der Waals surface area contributed by atoms with E-state index in [1.165, 1.54) is 16.7 Å². The van der Waals surface area contributed by atoms with E-state index in [0.717, 1.165) is 5.57 Å². The standard InChI is InChI=1S/C12H14N4O3S/c1-14-3-2-4-15(14)5-7-6-20-11-8(13)10(17)16(11)9(7)12(18)19/h2-4,8,11H,5-6,13H2,1H3/p+1/t8?,11-/m1/s1. The Balaban J connectivity index is 1.96. The lowest BCUT2D eigenvalue weighted by Gasteiger charge is -2.47. The topological polar surface area (TPSA) is 92.4 Å². The number of hydrogen-bond donors (Lipinski definition) is 2. The zero-order valence-corrected chi connectivity index (χ0v) is 11.7. The summed E-state index contributed by atoms with van der Waals surface area (Å²) in [4.78, 5) is 24.6. The van der Waals surface area contributed by atoms with Gasteiger partial charge in [-0.3, -0.25) is 9.69 Å². The maximum atomic E-state index is 11.8. The van der Waals surface area contributed by atoms with Gasteiger partial charge in [-0.1, -0.05) is 0 Å². The van der Waals surface area contributed by atoms with Gasteiger partial charge in [0.25, 0.3) is 0 Å². The molecule has 0 saturated carbocycles. The molecule has 0 radical (unpaired) electrons. The first-order valence-corrected chi connectivity index (χ1v) is 7.22. The molecule has 0 bridgehead atoms. The average Bonchev–Trinajstić information content (AvgIpc) is 2.82. The molecule has 0 aliphatic carbocycles. The van der Waals surface area contributed by atoms with Crippen molar-refractivity contribution in [3.8, 4) is 0 Å². The van der Waals surface area contributed by atoms with Crippen molar-refractivity contribution in [2.24, 2.45) is 12.8 Å². The average molecular weight is 295 g/mol. The molecule has 0 aromatic carbocycles. The SMILES string of the molecule is C[n+]1cccn1CC1=C(C(=O)O)N2C(=O)C(N)[C@H]2SC1. The quantitative estimate of drug-likeness (QED) is 0.545. The minimum atomic E-state index is -1.07. The van der Waals surface area contributed by atoms with Gasteiger partial charge in [-0.15, -0.1) is 16.4 Å². The third kappa shape index (κ3) is 1.83. The molecule has 3 rings (SSSR count). The van der Waals surface area contributed by atoms with Gasteiger partial charge in [-0.25, -0.2) is 4.79 Å². The summed E-state index contributed by atoms with van der Waals surface area (Å²) in [5.41, 5.74) is 6.53. The van der Waals surface area contributed by atoms with Crippen molar-refractivity contribution in [2.75, 3.05) is 5.75 Å². The lowest BCUT2D eigenvalue weighted by Crippen LogP contribution is -2.68. The van der Waals surface area contributed by atoms with E-state index in [4.69, 9.17) is 5.73 Å². The van der Waals surface area contributed by atoms with Crippen molar-refractivity contribution in [1.29, 1.82) is 0 Å². The lowest BCUT2D eigenvalue weighted by molar-refractivity contribution is -0.752. The van der Waals surface area contributed by atoms with Crippen molar-refractivity contribution in [3.63, 3.8) is 0 Å². The molecule has 1 aromatic heterocycles. The van der Waals surface area contributed by atoms with Gasteiger partial charge < -0.3 is 10.8 Å². The van der Waals surface area contributed by atoms with Crippen LogP contribution in [0.25, 0.3) is 0 Å². The molecule has 2 aliphatic rings. The molecule has 2 aliphatic heterocycles. The summed E-state index contributed by atoms with van der Waals surface area (Å²) < 4.78 is 3.76. The molecule has 106 valence electrons. The van der Waals surface area contributed by atoms with Crippen molar-refractivity contribution in [2.45, 2.75) is 18.0 Å². The van der Waals surface area contributed by atoms with Crippen molar-refractivity contribution >= 4 is 23.6 Å². The van der Waals surface area contributed by atoms with E-state index in [1.807, 2.05) is 34.9 Å². The van der Waals surface area contributed by atoms with Gasteiger partial charge in [0.05, 0.1) is 6.20 Å². The van der Waals surface area contributed by atoms with Crippen molar-refractivity contribution in [3.05, 3.63) is 29.7 Å². The highest BCUT2D eigenvalue weighted by atomic mass is 32.2. The van der Waals surface area contributed by atoms with Crippen LogP contribution in [0.3, 0.4) is 0 Å². The first-order chi connectivity index (χ1) is 9.50. The molecule has 20 heavy (non-hydrogen) atoms. The first kappa shape index (κ1) is 13.2. The number of β-lactam (4-membered cyclic amide) rings is 1. The second-order valence-electron chi connectivity index (χ2n) is 4.85. The minimum absolute atomic E-state index is 0.0918. The highest BCUT2D eigenvalue weighted by Crippen LogP contribution is 2.39. The van der Waals surface area contributed by atoms with Crippen LogP contribution < -0.4 is 10.4 Å². The number of nitrogens with two attached hydrogens (primary N) is 1. The van der Waals surface area contributed by atoms with Crippen LogP contribution >= 0.6 is 11.8 Å². The Morgan fingerprint density at radius 3 is 3.00 bits per heavy atom. The molecule has 1 unspecified atom stereocenters. The van der Waals surface area contributed by atoms with Crippen LogP contribution in [0.15, 0.2) is 29.7 Å². The molecule has 2 atom stereocenters. The molecule has 0 spiro atoms. The zero-order valence-electron chi connectivity index (χ0n) is 10.9. The number of carboxylic acid groups (broad SMARTS) is 1. The number of aromatic nitrogens is 2. The second-order valence-corrected chi connectivity index (χ2v) is 5.96. The summed E-state index contributed by atoms with van der Waals surface area (Å²) in [7, 11) is 1.88. The van der Waals surface area contributed by atoms with Gasteiger partial charge >= 0.3 is 5.97 Å². The molecule has 1 aromatic rings. The molecule has 1 amide bonds. The number of hydrogen-bond acceptors (Lipinski definition) is 4. The van der Waals surface area contributed by atoms with Crippen LogP contribution in [-0.2, 0) is 23.2 Å². The van der Waals surface area contributed by atoms with Gasteiger partial charge in [0, 0.05) is 11.8 Å². The Labute approximate surface area is 119 Å². The Morgan fingerprint density at radius 1 is 1.65 bits per heavy atom. The normalized spacial score (nSPS) is 25.5. The molecule has 1 saturated heterocycles. The third-order valence-corrected chi connectivity index (χ3v) is 4.97. The van der Waals surface area contributed by atoms with Crippen molar-refractivity contribution < 1.29 is 19.4 Å². The summed E-state index contributed by atoms with van der Waals surface area (Å²) >= 11 is 1.52. The van der Waals surface area contributed by atoms with Gasteiger partial charge in [0.2, 0.25) is 5.91 Å². The first-order valence-electron chi connectivity index (χ1n) is 6.17. The molecular formula is C12H15N4O3S+. The summed E-state index contributed by atoms with van der Waals surface area (Å²) in [6, 6.07) is 1.29. The molecule has 7 nitrogen and oxygen atoms in total. The fourth-order valence-electron chi connectivity index (χ4n) is 2.51. The fourth-order valence-corrected chi connectivity index (χ4v) is 3.80. The van der Waals surface area contributed by atoms with Gasteiger partial charge in [-0.2, -0.15) is 4.68 Å². The summed E-state index contributed by atoms with van der Waals surface area (Å²) in [5, 5.41) is 9.17. The predicted molar refractivity (Wildman–Crippen MR) is 71.3 cm³/mol. The monoisotopic (exact) mass is 295 g/mol. The maximum absolute atomic E-state index is 11.8. The molecule has 3 N–H and O–H groups in total. The Kier molecular flexibility index (Phi) is 3.06. The number of carbonyl (C=O) groups is 2. The highest BCUT2D eigenvalue weighted by Gasteiger charge is 2.51. The number of carbonyl (C=O) groups excluding carboxylic acids is 1. The molecular weight excluding hydrogens is 280 g/mol. The number of nitrogens with zero attached hydrogens (tertiary/aromatic N) is 3. The third-order valence-electron chi connectivity index (χ3n) is 3.61. The van der Waals surface area contributed by atoms with Crippen LogP contribution in [0.5, 0.6) is 0 Å². The molecule has 1 fully saturated rings. The number of fused-ring (bicyclic) bond motifs is 1. The van der Waals surface area contributed by atoms with E-state index in [2.05, 4.69) is 0 Å². The number of aryl methyl sites for hydroxylation is 1. The van der Waals surface area contributed by atoms with E-state index in [1.54, 1.807) is 0 Å². The summed E-state index contributed by atoms with van der Waals surface area (Å²) in [6.07, 6.45) is 3.75. The Bertz CT molecular complexity index is 624. The second kappa shape index (κ2) is 4.64. The van der Waals surface area contributed by atoms with Crippen LogP contribution in [0, 0.1) is 0 Å². The number of thioether (sulfide) groups is 1. The highest BCUT2D eigenvalue weighted by molar-refractivity contribution is 8.00. The van der Waals surface area contributed by atoms with E-state index < -0.39 is 12.0 Å². The van der Waals surface area contributed by atoms with Gasteiger partial charge in [0.15, 0.2) is 13.2 Å². The number of amides is 1. The molecule has 3 heterocycles. The predicted octanol–water partition coefficient (Wildman–Crippen LogP) is -1.11. The largest absolute Gasteiger partial charge is 0.477 e. The van der Waals surface area contributed by atoms with E-state index >= 15 is 0 Å². The van der Waals surface area contributed by atoms with Crippen LogP contribution in [0.4, 0.5) is 0 Å². The van der Waals surface area contributed by atoms with Crippen LogP contribution in [0.1, 0.15) is 0 Å². The Morgan fingerprint density at radius 2 is 2.40 bits per heavy atom. The maximum Gasteiger partial charge on any atom is 0.352 e. The Hall–Kier alpha value is -1.80. The number of rotatable bonds is 3. The van der Waals surface area contributed by atoms with Gasteiger partial charge in [-0.05, 0) is 5.57 Å². The van der Waals surface area contributed by atoms with Crippen LogP contribution in [-0.4, -0.2) is 43.7 Å². The fraction of sp³-hybridized carbons (Fsp3) is 0.417. The smallest absolute Gasteiger partial charge is 0.352 e. The van der Waals surface area contributed by atoms with Crippen LogP contribution in [0.2, 0.25) is 0 Å². The van der Waals surface area contributed by atoms with E-state index in [9.17, 15) is 14.7 Å². The lowest BCUT2D eigenvalue weighted by atomic mass is 10.0. The zero-order chi connectivity index (χ0) is 14.4. The van der Waals surface area contributed by atoms with Gasteiger partial charge in [0.1, 0.15) is 23.7 Å². The van der Waals surface area contributed by atoms with Crippen molar-refractivity contribution in [1.82, 2.24) is 9.58 Å². The summed E-state index contributed by atoms with van der Waals surface area (Å²) in [6.45, 7) is 0.448.